The Balaban J connectivity index is 2.11. The predicted molar refractivity (Wildman–Crippen MR) is 108 cm³/mol. The minimum atomic E-state index is -1.74. The molecular weight excluding hydrogens is 339 g/mol. The second kappa shape index (κ2) is 4.94. The molecule has 0 saturated carbocycles. The molecule has 0 aliphatic rings. The molecule has 0 amide bonds. The first-order chi connectivity index (χ1) is 12.8. The lowest BCUT2D eigenvalue weighted by atomic mass is 10.2. The molecule has 0 N–H and O–H groups in total. The van der Waals surface area contributed by atoms with Crippen LogP contribution in [0.1, 0.15) is 0 Å². The summed E-state index contributed by atoms with van der Waals surface area (Å²) in [6, 6.07) is 28.9. The molecule has 1 unspecified atom stereocenters. The Labute approximate surface area is 149 Å². The van der Waals surface area contributed by atoms with Gasteiger partial charge in [-0.3, -0.25) is 0 Å². The highest BCUT2D eigenvalue weighted by Crippen LogP contribution is 2.37. The average Bonchev–Trinajstić information content (AvgIpc) is 3.23. The van der Waals surface area contributed by atoms with E-state index in [-0.39, 0.29) is 0 Å². The van der Waals surface area contributed by atoms with Crippen LogP contribution in [0.3, 0.4) is 0 Å². The number of hydrogen-bond acceptors (Lipinski definition) is 1. The molecule has 6 rings (SSSR count). The van der Waals surface area contributed by atoms with Crippen LogP contribution >= 0.6 is 7.57 Å². The molecule has 0 spiro atoms. The molecule has 3 aromatic heterocycles. The molecule has 0 aliphatic heterocycles. The van der Waals surface area contributed by atoms with Gasteiger partial charge in [-0.2, -0.15) is 0 Å². The molecule has 1 atom stereocenters. The smallest absolute Gasteiger partial charge is 0.303 e. The van der Waals surface area contributed by atoms with Crippen molar-refractivity contribution >= 4 is 51.0 Å². The maximum absolute atomic E-state index is 13.6. The summed E-state index contributed by atoms with van der Waals surface area (Å²) in [5.74, 6) is 0. The fraction of sp³-hybridized carbons (Fsp3) is 0. The van der Waals surface area contributed by atoms with Crippen molar-refractivity contribution in [2.75, 3.05) is 0 Å². The molecule has 122 valence electrons. The Kier molecular flexibility index (Phi) is 2.67. The van der Waals surface area contributed by atoms with Crippen molar-refractivity contribution in [3.05, 3.63) is 84.9 Å². The van der Waals surface area contributed by atoms with E-state index < -0.39 is 7.57 Å². The van der Waals surface area contributed by atoms with Gasteiger partial charge in [0.25, 0.3) is 0 Å². The maximum Gasteiger partial charge on any atom is 0.509 e. The highest BCUT2D eigenvalue weighted by molar-refractivity contribution is 7.39. The van der Waals surface area contributed by atoms with Gasteiger partial charge in [0, 0.05) is 10.8 Å². The number of para-hydroxylation sites is 3. The van der Waals surface area contributed by atoms with E-state index in [4.69, 9.17) is 0 Å². The summed E-state index contributed by atoms with van der Waals surface area (Å²) in [6.45, 7) is 0. The Morgan fingerprint density at radius 1 is 0.577 bits per heavy atom. The lowest BCUT2D eigenvalue weighted by Crippen LogP contribution is -1.83. The second-order valence-corrected chi connectivity index (χ2v) is 8.01. The number of fused-ring (bicyclic) bond motifs is 9. The zero-order valence-corrected chi connectivity index (χ0v) is 14.7. The van der Waals surface area contributed by atoms with E-state index in [9.17, 15) is 4.57 Å². The summed E-state index contributed by atoms with van der Waals surface area (Å²) in [5.41, 5.74) is 5.22. The van der Waals surface area contributed by atoms with Crippen molar-refractivity contribution in [1.82, 2.24) is 8.56 Å². The van der Waals surface area contributed by atoms with Gasteiger partial charge in [-0.15, -0.1) is 4.16 Å². The number of nitrogens with zero attached hydrogens (tertiary/aromatic N) is 2. The van der Waals surface area contributed by atoms with Gasteiger partial charge in [-0.1, -0.05) is 48.5 Å². The first kappa shape index (κ1) is 14.1. The van der Waals surface area contributed by atoms with E-state index in [1.807, 2.05) is 40.6 Å². The summed E-state index contributed by atoms with van der Waals surface area (Å²) >= 11 is 0. The third-order valence-electron chi connectivity index (χ3n) is 5.17. The molecule has 0 fully saturated rings. The zero-order chi connectivity index (χ0) is 17.3. The summed E-state index contributed by atoms with van der Waals surface area (Å²) in [4.78, 5) is 0. The molecule has 0 aliphatic carbocycles. The molecule has 3 aromatic carbocycles. The molecule has 4 heteroatoms. The molecule has 3 heterocycles. The Bertz CT molecular complexity index is 1560. The standard InChI is InChI=1S/C22H14N2OP/c25-26-22-12-6-5-11-19(22)23-17-9-3-1-7-15(17)13-20(23)21-14-16-8-2-4-10-18(16)24(21)26/h1-14H/q+1. The zero-order valence-electron chi connectivity index (χ0n) is 13.8. The number of hydrogen-bond donors (Lipinski definition) is 0. The molecule has 0 radical (unpaired) electrons. The fourth-order valence-electron chi connectivity index (χ4n) is 4.04. The van der Waals surface area contributed by atoms with Crippen LogP contribution in [0.15, 0.2) is 84.9 Å². The predicted octanol–water partition coefficient (Wildman–Crippen LogP) is 6.39. The van der Waals surface area contributed by atoms with Crippen molar-refractivity contribution < 1.29 is 4.57 Å². The number of benzene rings is 3. The number of aromatic nitrogens is 2. The Hall–Kier alpha value is -3.16. The van der Waals surface area contributed by atoms with E-state index >= 15 is 0 Å². The van der Waals surface area contributed by atoms with Gasteiger partial charge >= 0.3 is 7.57 Å². The highest BCUT2D eigenvalue weighted by atomic mass is 31.1. The highest BCUT2D eigenvalue weighted by Gasteiger charge is 2.21. The van der Waals surface area contributed by atoms with E-state index in [0.29, 0.717) is 0 Å². The minimum absolute atomic E-state index is 0.866. The quantitative estimate of drug-likeness (QED) is 0.310. The van der Waals surface area contributed by atoms with Crippen molar-refractivity contribution in [2.45, 2.75) is 0 Å². The van der Waals surface area contributed by atoms with Crippen molar-refractivity contribution in [3.8, 4) is 0 Å². The fourth-order valence-corrected chi connectivity index (χ4v) is 5.58. The van der Waals surface area contributed by atoms with Crippen LogP contribution < -0.4 is 0 Å². The minimum Gasteiger partial charge on any atom is -0.303 e. The van der Waals surface area contributed by atoms with E-state index in [0.717, 1.165) is 38.1 Å². The normalized spacial score (nSPS) is 12.7. The summed E-state index contributed by atoms with van der Waals surface area (Å²) in [6.07, 6.45) is 0. The van der Waals surface area contributed by atoms with E-state index in [1.165, 1.54) is 5.39 Å². The first-order valence-corrected chi connectivity index (χ1v) is 9.82. The molecule has 0 saturated heterocycles. The molecule has 6 aromatic rings. The Morgan fingerprint density at radius 3 is 1.96 bits per heavy atom. The largest absolute Gasteiger partial charge is 0.509 e. The van der Waals surface area contributed by atoms with Gasteiger partial charge in [-0.25, -0.2) is 0 Å². The monoisotopic (exact) mass is 353 g/mol. The molecule has 3 nitrogen and oxygen atoms in total. The van der Waals surface area contributed by atoms with Crippen molar-refractivity contribution in [1.29, 1.82) is 0 Å². The van der Waals surface area contributed by atoms with Gasteiger partial charge < -0.3 is 4.40 Å². The number of rotatable bonds is 0. The topological polar surface area (TPSA) is 25.9 Å². The second-order valence-electron chi connectivity index (χ2n) is 6.59. The van der Waals surface area contributed by atoms with Crippen LogP contribution in [0, 0.1) is 0 Å². The lowest BCUT2D eigenvalue weighted by molar-refractivity contribution is 0.597. The molecular formula is C22H14N2OP+. The lowest BCUT2D eigenvalue weighted by Gasteiger charge is -1.96. The van der Waals surface area contributed by atoms with Gasteiger partial charge in [0.05, 0.1) is 16.6 Å². The van der Waals surface area contributed by atoms with Gasteiger partial charge in [-0.05, 0) is 41.0 Å². The van der Waals surface area contributed by atoms with Crippen LogP contribution in [-0.2, 0) is 4.57 Å². The first-order valence-electron chi connectivity index (χ1n) is 8.61. The van der Waals surface area contributed by atoms with E-state index in [2.05, 4.69) is 52.9 Å². The third kappa shape index (κ3) is 1.68. The average molecular weight is 353 g/mol. The summed E-state index contributed by atoms with van der Waals surface area (Å²) in [7, 11) is -1.74. The van der Waals surface area contributed by atoms with Crippen molar-refractivity contribution in [3.63, 3.8) is 0 Å². The van der Waals surface area contributed by atoms with Crippen molar-refractivity contribution in [2.24, 2.45) is 0 Å². The van der Waals surface area contributed by atoms with Gasteiger partial charge in [0.15, 0.2) is 0 Å². The maximum atomic E-state index is 13.6. The van der Waals surface area contributed by atoms with E-state index in [1.54, 1.807) is 0 Å². The van der Waals surface area contributed by atoms with Gasteiger partial charge in [0.1, 0.15) is 11.0 Å². The molecule has 0 bridgehead atoms. The summed E-state index contributed by atoms with van der Waals surface area (Å²) in [5, 5.41) is 3.17. The SMILES string of the molecule is O=[p+]1c2ccccc2n2c3ccccc3cc2c2cc3ccccc3n21. The van der Waals surface area contributed by atoms with Crippen LogP contribution in [-0.4, -0.2) is 8.56 Å². The third-order valence-corrected chi connectivity index (χ3v) is 6.75. The van der Waals surface area contributed by atoms with Gasteiger partial charge in [0.2, 0.25) is 5.12 Å². The molecule has 26 heavy (non-hydrogen) atoms. The van der Waals surface area contributed by atoms with Crippen LogP contribution in [0.4, 0.5) is 0 Å². The Morgan fingerprint density at radius 2 is 1.15 bits per heavy atom. The van der Waals surface area contributed by atoms with Crippen LogP contribution in [0.5, 0.6) is 0 Å². The van der Waals surface area contributed by atoms with Crippen LogP contribution in [0.2, 0.25) is 0 Å². The summed E-state index contributed by atoms with van der Waals surface area (Å²) < 4.78 is 17.9. The van der Waals surface area contributed by atoms with Crippen LogP contribution in [0.25, 0.3) is 43.5 Å².